The summed E-state index contributed by atoms with van der Waals surface area (Å²) in [7, 11) is 0. The fraction of sp³-hybridized carbons (Fsp3) is 0.750. The van der Waals surface area contributed by atoms with E-state index in [9.17, 15) is 0 Å². The lowest BCUT2D eigenvalue weighted by molar-refractivity contribution is 0.116. The first kappa shape index (κ1) is 15.2. The van der Waals surface area contributed by atoms with Crippen LogP contribution in [0.3, 0.4) is 0 Å². The van der Waals surface area contributed by atoms with Gasteiger partial charge in [-0.3, -0.25) is 4.98 Å². The van der Waals surface area contributed by atoms with E-state index in [-0.39, 0.29) is 0 Å². The lowest BCUT2D eigenvalue weighted by Gasteiger charge is -2.28. The average molecular weight is 277 g/mol. The highest BCUT2D eigenvalue weighted by atomic mass is 16.5. The standard InChI is InChI=1S/C16H27N3O/c1-3-8-17-10-14-11-19-16(12-18-14)20-15-7-5-6-13(4-2)9-15/h11-13,15,17H,3-10H2,1-2H3. The molecule has 0 spiro atoms. The van der Waals surface area contributed by atoms with Crippen molar-refractivity contribution in [2.24, 2.45) is 5.92 Å². The topological polar surface area (TPSA) is 47.0 Å². The van der Waals surface area contributed by atoms with Crippen molar-refractivity contribution in [1.82, 2.24) is 15.3 Å². The second-order valence-electron chi connectivity index (χ2n) is 5.70. The number of nitrogens with one attached hydrogen (secondary N) is 1. The van der Waals surface area contributed by atoms with E-state index in [0.717, 1.165) is 44.0 Å². The molecule has 2 atom stereocenters. The Balaban J connectivity index is 1.80. The number of hydrogen-bond donors (Lipinski definition) is 1. The Morgan fingerprint density at radius 1 is 1.25 bits per heavy atom. The van der Waals surface area contributed by atoms with E-state index in [1.54, 1.807) is 6.20 Å². The molecule has 2 unspecified atom stereocenters. The molecular weight excluding hydrogens is 250 g/mol. The van der Waals surface area contributed by atoms with Crippen molar-refractivity contribution in [2.45, 2.75) is 65.0 Å². The highest BCUT2D eigenvalue weighted by Crippen LogP contribution is 2.28. The first-order valence-electron chi connectivity index (χ1n) is 8.00. The van der Waals surface area contributed by atoms with Crippen LogP contribution in [0.1, 0.15) is 58.1 Å². The van der Waals surface area contributed by atoms with Crippen LogP contribution in [-0.2, 0) is 6.54 Å². The summed E-state index contributed by atoms with van der Waals surface area (Å²) in [6.45, 7) is 6.22. The van der Waals surface area contributed by atoms with Crippen LogP contribution < -0.4 is 10.1 Å². The second kappa shape index (κ2) is 8.20. The molecule has 4 nitrogen and oxygen atoms in total. The predicted molar refractivity (Wildman–Crippen MR) is 80.7 cm³/mol. The molecule has 0 amide bonds. The molecule has 1 fully saturated rings. The largest absolute Gasteiger partial charge is 0.473 e. The van der Waals surface area contributed by atoms with E-state index < -0.39 is 0 Å². The highest BCUT2D eigenvalue weighted by Gasteiger charge is 2.22. The van der Waals surface area contributed by atoms with E-state index in [1.807, 2.05) is 6.20 Å². The van der Waals surface area contributed by atoms with Crippen molar-refractivity contribution in [3.05, 3.63) is 18.1 Å². The summed E-state index contributed by atoms with van der Waals surface area (Å²) in [6.07, 6.45) is 11.2. The molecule has 4 heteroatoms. The molecular formula is C16H27N3O. The Labute approximate surface area is 122 Å². The third-order valence-corrected chi connectivity index (χ3v) is 4.01. The molecule has 1 aromatic heterocycles. The van der Waals surface area contributed by atoms with Gasteiger partial charge >= 0.3 is 0 Å². The van der Waals surface area contributed by atoms with Gasteiger partial charge in [-0.05, 0) is 38.1 Å². The summed E-state index contributed by atoms with van der Waals surface area (Å²) >= 11 is 0. The van der Waals surface area contributed by atoms with Gasteiger partial charge in [0.15, 0.2) is 0 Å². The van der Waals surface area contributed by atoms with Gasteiger partial charge in [0.1, 0.15) is 6.10 Å². The third kappa shape index (κ3) is 4.75. The maximum absolute atomic E-state index is 5.97. The Morgan fingerprint density at radius 3 is 2.85 bits per heavy atom. The molecule has 1 aliphatic carbocycles. The van der Waals surface area contributed by atoms with E-state index in [2.05, 4.69) is 29.1 Å². The van der Waals surface area contributed by atoms with Gasteiger partial charge in [0.25, 0.3) is 0 Å². The maximum atomic E-state index is 5.97. The summed E-state index contributed by atoms with van der Waals surface area (Å²) in [5, 5.41) is 3.32. The molecule has 0 aliphatic heterocycles. The van der Waals surface area contributed by atoms with Gasteiger partial charge in [-0.2, -0.15) is 0 Å². The molecule has 0 saturated heterocycles. The number of rotatable bonds is 7. The zero-order valence-electron chi connectivity index (χ0n) is 12.8. The first-order valence-corrected chi connectivity index (χ1v) is 8.00. The lowest BCUT2D eigenvalue weighted by atomic mass is 9.85. The average Bonchev–Trinajstić information content (AvgIpc) is 2.49. The van der Waals surface area contributed by atoms with Crippen molar-refractivity contribution in [1.29, 1.82) is 0 Å². The molecule has 1 N–H and O–H groups in total. The van der Waals surface area contributed by atoms with Gasteiger partial charge in [0.2, 0.25) is 5.88 Å². The van der Waals surface area contributed by atoms with Crippen LogP contribution >= 0.6 is 0 Å². The zero-order valence-corrected chi connectivity index (χ0v) is 12.8. The van der Waals surface area contributed by atoms with Gasteiger partial charge in [-0.1, -0.05) is 26.7 Å². The van der Waals surface area contributed by atoms with Crippen LogP contribution in [-0.4, -0.2) is 22.6 Å². The van der Waals surface area contributed by atoms with Crippen molar-refractivity contribution >= 4 is 0 Å². The minimum Gasteiger partial charge on any atom is -0.473 e. The third-order valence-electron chi connectivity index (χ3n) is 4.01. The smallest absolute Gasteiger partial charge is 0.232 e. The summed E-state index contributed by atoms with van der Waals surface area (Å²) < 4.78 is 5.97. The molecule has 1 heterocycles. The van der Waals surface area contributed by atoms with Gasteiger partial charge in [-0.15, -0.1) is 0 Å². The molecule has 1 aromatic rings. The van der Waals surface area contributed by atoms with Crippen LogP contribution in [0, 0.1) is 5.92 Å². The van der Waals surface area contributed by atoms with Gasteiger partial charge in [0, 0.05) is 6.54 Å². The number of ether oxygens (including phenoxy) is 1. The minimum atomic E-state index is 0.326. The van der Waals surface area contributed by atoms with Crippen LogP contribution in [0.2, 0.25) is 0 Å². The van der Waals surface area contributed by atoms with E-state index in [4.69, 9.17) is 4.74 Å². The Kier molecular flexibility index (Phi) is 6.25. The van der Waals surface area contributed by atoms with Crippen LogP contribution in [0.5, 0.6) is 5.88 Å². The van der Waals surface area contributed by atoms with E-state index in [1.165, 1.54) is 19.3 Å². The first-order chi connectivity index (χ1) is 9.81. The fourth-order valence-corrected chi connectivity index (χ4v) is 2.78. The second-order valence-corrected chi connectivity index (χ2v) is 5.70. The Morgan fingerprint density at radius 2 is 2.15 bits per heavy atom. The minimum absolute atomic E-state index is 0.326. The fourth-order valence-electron chi connectivity index (χ4n) is 2.78. The SMILES string of the molecule is CCCNCc1cnc(OC2CCCC(CC)C2)cn1. The van der Waals surface area contributed by atoms with Crippen LogP contribution in [0.25, 0.3) is 0 Å². The molecule has 0 bridgehead atoms. The summed E-state index contributed by atoms with van der Waals surface area (Å²) in [5.41, 5.74) is 0.973. The number of nitrogens with zero attached hydrogens (tertiary/aromatic N) is 2. The maximum Gasteiger partial charge on any atom is 0.232 e. The van der Waals surface area contributed by atoms with E-state index in [0.29, 0.717) is 12.0 Å². The molecule has 1 aliphatic rings. The van der Waals surface area contributed by atoms with Gasteiger partial charge in [-0.25, -0.2) is 4.98 Å². The molecule has 2 rings (SSSR count). The Bertz CT molecular complexity index is 380. The zero-order chi connectivity index (χ0) is 14.2. The summed E-state index contributed by atoms with van der Waals surface area (Å²) in [4.78, 5) is 8.78. The summed E-state index contributed by atoms with van der Waals surface area (Å²) in [5.74, 6) is 1.49. The van der Waals surface area contributed by atoms with Crippen molar-refractivity contribution < 1.29 is 4.74 Å². The van der Waals surface area contributed by atoms with Gasteiger partial charge < -0.3 is 10.1 Å². The van der Waals surface area contributed by atoms with Gasteiger partial charge in [0.05, 0.1) is 18.1 Å². The normalized spacial score (nSPS) is 22.7. The predicted octanol–water partition coefficient (Wildman–Crippen LogP) is 3.32. The van der Waals surface area contributed by atoms with Crippen molar-refractivity contribution in [3.63, 3.8) is 0 Å². The number of aromatic nitrogens is 2. The highest BCUT2D eigenvalue weighted by molar-refractivity contribution is 5.07. The van der Waals surface area contributed by atoms with Crippen LogP contribution in [0.4, 0.5) is 0 Å². The summed E-state index contributed by atoms with van der Waals surface area (Å²) in [6, 6.07) is 0. The van der Waals surface area contributed by atoms with Crippen LogP contribution in [0.15, 0.2) is 12.4 Å². The van der Waals surface area contributed by atoms with E-state index >= 15 is 0 Å². The lowest BCUT2D eigenvalue weighted by Crippen LogP contribution is -2.25. The molecule has 112 valence electrons. The number of hydrogen-bond acceptors (Lipinski definition) is 4. The molecule has 20 heavy (non-hydrogen) atoms. The quantitative estimate of drug-likeness (QED) is 0.777. The molecule has 0 aromatic carbocycles. The molecule has 1 saturated carbocycles. The Hall–Kier alpha value is -1.16. The monoisotopic (exact) mass is 277 g/mol. The van der Waals surface area contributed by atoms with Crippen molar-refractivity contribution in [2.75, 3.05) is 6.54 Å². The van der Waals surface area contributed by atoms with Crippen molar-refractivity contribution in [3.8, 4) is 5.88 Å². The molecule has 0 radical (unpaired) electrons.